The number of likely N-dealkylation sites (tertiary alicyclic amines) is 1. The van der Waals surface area contributed by atoms with Gasteiger partial charge < -0.3 is 25.4 Å². The second-order valence-electron chi connectivity index (χ2n) is 9.01. The summed E-state index contributed by atoms with van der Waals surface area (Å²) < 4.78 is 0. The van der Waals surface area contributed by atoms with Crippen molar-refractivity contribution in [2.24, 2.45) is 5.92 Å². The van der Waals surface area contributed by atoms with Gasteiger partial charge in [-0.3, -0.25) is 4.79 Å². The zero-order valence-electron chi connectivity index (χ0n) is 20.9. The predicted octanol–water partition coefficient (Wildman–Crippen LogP) is 5.55. The van der Waals surface area contributed by atoms with Gasteiger partial charge in [0.05, 0.1) is 11.9 Å². The molecule has 1 aromatic heterocycles. The van der Waals surface area contributed by atoms with E-state index in [1.54, 1.807) is 37.4 Å². The molecule has 192 valence electrons. The molecule has 1 aliphatic heterocycles. The van der Waals surface area contributed by atoms with Crippen molar-refractivity contribution in [1.82, 2.24) is 9.88 Å². The molecule has 3 aromatic rings. The summed E-state index contributed by atoms with van der Waals surface area (Å²) >= 11 is 6.98. The van der Waals surface area contributed by atoms with Gasteiger partial charge in [0.25, 0.3) is 5.91 Å². The highest BCUT2D eigenvalue weighted by molar-refractivity contribution is 7.17. The average Bonchev–Trinajstić information content (AvgIpc) is 3.35. The number of aromatic nitrogens is 1. The number of phenolic OH excluding ortho intramolecular Hbond substituents is 1. The number of aldehydes is 1. The number of halogens is 1. The van der Waals surface area contributed by atoms with E-state index in [2.05, 4.69) is 27.6 Å². The number of benzene rings is 2. The lowest BCUT2D eigenvalue weighted by Crippen LogP contribution is -2.32. The van der Waals surface area contributed by atoms with Crippen molar-refractivity contribution in [3.05, 3.63) is 69.2 Å². The number of aromatic hydroxyl groups is 1. The number of nitrogens with one attached hydrogen (secondary N) is 2. The molecule has 1 saturated heterocycles. The predicted molar refractivity (Wildman–Crippen MR) is 148 cm³/mol. The van der Waals surface area contributed by atoms with E-state index in [-0.39, 0.29) is 11.7 Å². The Labute approximate surface area is 221 Å². The van der Waals surface area contributed by atoms with Gasteiger partial charge >= 0.3 is 0 Å². The fourth-order valence-corrected chi connectivity index (χ4v) is 4.72. The fourth-order valence-electron chi connectivity index (χ4n) is 3.88. The second-order valence-corrected chi connectivity index (χ2v) is 10.5. The molecule has 36 heavy (non-hydrogen) atoms. The smallest absolute Gasteiger partial charge is 0.267 e. The highest BCUT2D eigenvalue weighted by atomic mass is 35.5. The monoisotopic (exact) mass is 528 g/mol. The van der Waals surface area contributed by atoms with Crippen LogP contribution in [0.15, 0.2) is 42.6 Å². The van der Waals surface area contributed by atoms with Gasteiger partial charge in [0.2, 0.25) is 0 Å². The zero-order chi connectivity index (χ0) is 26.1. The summed E-state index contributed by atoms with van der Waals surface area (Å²) in [4.78, 5) is 29.8. The van der Waals surface area contributed by atoms with Crippen LogP contribution in [-0.4, -0.2) is 53.9 Å². The van der Waals surface area contributed by atoms with Crippen LogP contribution in [0.4, 0.5) is 10.8 Å². The van der Waals surface area contributed by atoms with E-state index in [1.807, 2.05) is 19.1 Å². The van der Waals surface area contributed by atoms with E-state index in [0.29, 0.717) is 33.5 Å². The van der Waals surface area contributed by atoms with E-state index in [9.17, 15) is 14.7 Å². The van der Waals surface area contributed by atoms with Gasteiger partial charge in [-0.2, -0.15) is 0 Å². The first-order valence-corrected chi connectivity index (χ1v) is 13.1. The Morgan fingerprint density at radius 3 is 2.56 bits per heavy atom. The number of amides is 1. The number of thiazole rings is 1. The summed E-state index contributed by atoms with van der Waals surface area (Å²) in [7, 11) is 2.16. The molecular weight excluding hydrogens is 496 g/mol. The van der Waals surface area contributed by atoms with Gasteiger partial charge in [0.1, 0.15) is 16.9 Å². The van der Waals surface area contributed by atoms with Gasteiger partial charge in [0, 0.05) is 23.6 Å². The number of anilines is 2. The highest BCUT2D eigenvalue weighted by Gasteiger charge is 2.18. The van der Waals surface area contributed by atoms with Crippen LogP contribution in [-0.2, 0) is 11.2 Å². The Hall–Kier alpha value is -2.94. The molecule has 7 nitrogen and oxygen atoms in total. The number of phenols is 1. The minimum Gasteiger partial charge on any atom is -0.508 e. The zero-order valence-corrected chi connectivity index (χ0v) is 22.5. The first kappa shape index (κ1) is 27.6. The van der Waals surface area contributed by atoms with Gasteiger partial charge in [-0.15, -0.1) is 0 Å². The lowest BCUT2D eigenvalue weighted by molar-refractivity contribution is -0.107. The molecule has 0 radical (unpaired) electrons. The molecule has 0 unspecified atom stereocenters. The number of nitrogens with zero attached hydrogens (tertiary/aromatic N) is 2. The molecule has 1 aliphatic rings. The maximum atomic E-state index is 12.5. The molecule has 0 spiro atoms. The number of hydrogen-bond donors (Lipinski definition) is 3. The molecule has 1 amide bonds. The Morgan fingerprint density at radius 1 is 1.19 bits per heavy atom. The maximum Gasteiger partial charge on any atom is 0.267 e. The van der Waals surface area contributed by atoms with Crippen molar-refractivity contribution in [2.75, 3.05) is 37.3 Å². The van der Waals surface area contributed by atoms with Crippen LogP contribution in [0, 0.1) is 19.8 Å². The third-order valence-corrected chi connectivity index (χ3v) is 7.43. The summed E-state index contributed by atoms with van der Waals surface area (Å²) in [6.07, 6.45) is 5.33. The molecular formula is C27H33ClN4O3S. The van der Waals surface area contributed by atoms with Gasteiger partial charge in [-0.05, 0) is 82.1 Å². The number of rotatable bonds is 7. The molecule has 3 N–H and O–H groups in total. The van der Waals surface area contributed by atoms with Gasteiger partial charge in [-0.1, -0.05) is 41.1 Å². The summed E-state index contributed by atoms with van der Waals surface area (Å²) in [6.45, 7) is 6.87. The standard InChI is InChI=1S/C19H26N4O2S.C8H7ClO/c1-12-4-5-15(24)13(2)17(12)22-18(25)16-11-21-19(26-16)20-10-14-6-8-23(3)9-7-14;9-8-3-1-7(2-4-8)5-6-10/h4-5,11,14,24H,6-10H2,1-3H3,(H,20,21)(H,22,25);1-4,6H,5H2. The van der Waals surface area contributed by atoms with Crippen LogP contribution in [0.2, 0.25) is 5.02 Å². The number of carbonyl (C=O) groups excluding carboxylic acids is 2. The molecule has 0 atom stereocenters. The van der Waals surface area contributed by atoms with Crippen LogP contribution in [0.25, 0.3) is 0 Å². The summed E-state index contributed by atoms with van der Waals surface area (Å²) in [5.74, 6) is 0.632. The first-order valence-electron chi connectivity index (χ1n) is 11.9. The third-order valence-electron chi connectivity index (χ3n) is 6.23. The average molecular weight is 529 g/mol. The quantitative estimate of drug-likeness (QED) is 0.348. The summed E-state index contributed by atoms with van der Waals surface area (Å²) in [5.41, 5.74) is 3.24. The molecule has 9 heteroatoms. The SMILES string of the molecule is Cc1ccc(O)c(C)c1NC(=O)c1cnc(NCC2CCN(C)CC2)s1.O=CCc1ccc(Cl)cc1. The van der Waals surface area contributed by atoms with E-state index in [1.165, 1.54) is 24.2 Å². The van der Waals surface area contributed by atoms with Crippen molar-refractivity contribution >= 4 is 46.0 Å². The molecule has 1 fully saturated rings. The second kappa shape index (κ2) is 13.4. The van der Waals surface area contributed by atoms with Gasteiger partial charge in [0.15, 0.2) is 5.13 Å². The number of aryl methyl sites for hydroxylation is 1. The molecule has 2 heterocycles. The Bertz CT molecular complexity index is 1160. The third kappa shape index (κ3) is 8.05. The summed E-state index contributed by atoms with van der Waals surface area (Å²) in [5, 5.41) is 17.6. The van der Waals surface area contributed by atoms with E-state index in [4.69, 9.17) is 11.6 Å². The highest BCUT2D eigenvalue weighted by Crippen LogP contribution is 2.29. The lowest BCUT2D eigenvalue weighted by atomic mass is 9.97. The van der Waals surface area contributed by atoms with Crippen molar-refractivity contribution in [1.29, 1.82) is 0 Å². The largest absolute Gasteiger partial charge is 0.508 e. The Balaban J connectivity index is 0.000000303. The normalized spacial score (nSPS) is 14.0. The minimum atomic E-state index is -0.202. The fraction of sp³-hybridized carbons (Fsp3) is 0.370. The molecule has 2 aromatic carbocycles. The van der Waals surface area contributed by atoms with Crippen LogP contribution in [0.3, 0.4) is 0 Å². The van der Waals surface area contributed by atoms with Crippen LogP contribution in [0.1, 0.15) is 39.2 Å². The van der Waals surface area contributed by atoms with Crippen molar-refractivity contribution in [3.63, 3.8) is 0 Å². The first-order chi connectivity index (χ1) is 17.3. The maximum absolute atomic E-state index is 12.5. The number of hydrogen-bond acceptors (Lipinski definition) is 7. The Kier molecular flexibility index (Phi) is 10.3. The summed E-state index contributed by atoms with van der Waals surface area (Å²) in [6, 6.07) is 10.7. The lowest BCUT2D eigenvalue weighted by Gasteiger charge is -2.28. The number of piperidine rings is 1. The molecule has 0 saturated carbocycles. The van der Waals surface area contributed by atoms with Crippen molar-refractivity contribution in [3.8, 4) is 5.75 Å². The topological polar surface area (TPSA) is 94.6 Å². The van der Waals surface area contributed by atoms with Gasteiger partial charge in [-0.25, -0.2) is 4.98 Å². The van der Waals surface area contributed by atoms with E-state index < -0.39 is 0 Å². The van der Waals surface area contributed by atoms with Crippen LogP contribution >= 0.6 is 22.9 Å². The molecule has 0 aliphatic carbocycles. The van der Waals surface area contributed by atoms with Crippen molar-refractivity contribution in [2.45, 2.75) is 33.1 Å². The number of carbonyl (C=O) groups is 2. The van der Waals surface area contributed by atoms with Crippen LogP contribution < -0.4 is 10.6 Å². The molecule has 4 rings (SSSR count). The van der Waals surface area contributed by atoms with E-state index >= 15 is 0 Å². The Morgan fingerprint density at radius 2 is 1.89 bits per heavy atom. The van der Waals surface area contributed by atoms with E-state index in [0.717, 1.165) is 42.2 Å². The van der Waals surface area contributed by atoms with Crippen molar-refractivity contribution < 1.29 is 14.7 Å². The molecule has 0 bridgehead atoms. The minimum absolute atomic E-state index is 0.177. The van der Waals surface area contributed by atoms with Crippen LogP contribution in [0.5, 0.6) is 5.75 Å².